The number of benzene rings is 1. The molecule has 2 fully saturated rings. The molecule has 5 rings (SSSR count). The van der Waals surface area contributed by atoms with Gasteiger partial charge in [0.15, 0.2) is 0 Å². The monoisotopic (exact) mass is 379 g/mol. The highest BCUT2D eigenvalue weighted by Crippen LogP contribution is 2.31. The van der Waals surface area contributed by atoms with E-state index in [-0.39, 0.29) is 11.8 Å². The average Bonchev–Trinajstić information content (AvgIpc) is 3.10. The normalized spacial score (nSPS) is 27.2. The lowest BCUT2D eigenvalue weighted by molar-refractivity contribution is -0.0150. The molecule has 0 spiro atoms. The third-order valence-electron chi connectivity index (χ3n) is 6.66. The molecular formula is C23H29N3O2. The second kappa shape index (κ2) is 7.72. The molecular weight excluding hydrogens is 350 g/mol. The molecule has 2 saturated heterocycles. The van der Waals surface area contributed by atoms with Crippen molar-refractivity contribution in [1.29, 1.82) is 0 Å². The SMILES string of the molecule is O=c1[nH]c2ccccc2n1C1CCN(C2CCOC(C3=CCCC=C3)C2)CC1. The lowest BCUT2D eigenvalue weighted by Crippen LogP contribution is -2.47. The van der Waals surface area contributed by atoms with Gasteiger partial charge in [-0.2, -0.15) is 0 Å². The van der Waals surface area contributed by atoms with Crippen LogP contribution in [0.3, 0.4) is 0 Å². The predicted octanol–water partition coefficient (Wildman–Crippen LogP) is 3.79. The van der Waals surface area contributed by atoms with Crippen LogP contribution in [0, 0.1) is 0 Å². The number of nitrogens with one attached hydrogen (secondary N) is 1. The molecule has 0 bridgehead atoms. The molecule has 3 aliphatic rings. The van der Waals surface area contributed by atoms with E-state index in [2.05, 4.69) is 28.1 Å². The number of nitrogens with zero attached hydrogens (tertiary/aromatic N) is 2. The fraction of sp³-hybridized carbons (Fsp3) is 0.522. The highest BCUT2D eigenvalue weighted by Gasteiger charge is 2.32. The van der Waals surface area contributed by atoms with Gasteiger partial charge < -0.3 is 14.6 Å². The van der Waals surface area contributed by atoms with E-state index in [0.717, 1.165) is 69.3 Å². The van der Waals surface area contributed by atoms with Gasteiger partial charge in [0.25, 0.3) is 0 Å². The van der Waals surface area contributed by atoms with Crippen LogP contribution in [0.15, 0.2) is 52.9 Å². The Morgan fingerprint density at radius 1 is 1.04 bits per heavy atom. The maximum absolute atomic E-state index is 12.5. The molecule has 1 aromatic heterocycles. The Balaban J connectivity index is 1.25. The fourth-order valence-corrected chi connectivity index (χ4v) is 5.16. The number of aromatic nitrogens is 2. The Kier molecular flexibility index (Phi) is 4.95. The summed E-state index contributed by atoms with van der Waals surface area (Å²) in [4.78, 5) is 18.1. The largest absolute Gasteiger partial charge is 0.373 e. The standard InChI is InChI=1S/C23H29N3O2/c27-23-24-20-8-4-5-9-21(20)26(23)18-10-13-25(14-11-18)19-12-15-28-22(16-19)17-6-2-1-3-7-17/h2,4-9,18-19,22H,1,3,10-16H2,(H,24,27). The van der Waals surface area contributed by atoms with Gasteiger partial charge in [-0.15, -0.1) is 0 Å². The Labute approximate surface area is 165 Å². The van der Waals surface area contributed by atoms with E-state index in [1.54, 1.807) is 0 Å². The van der Waals surface area contributed by atoms with Crippen LogP contribution in [0.25, 0.3) is 11.0 Å². The summed E-state index contributed by atoms with van der Waals surface area (Å²) >= 11 is 0. The fourth-order valence-electron chi connectivity index (χ4n) is 5.16. The van der Waals surface area contributed by atoms with E-state index in [9.17, 15) is 4.79 Å². The van der Waals surface area contributed by atoms with Crippen LogP contribution in [-0.4, -0.2) is 46.3 Å². The summed E-state index contributed by atoms with van der Waals surface area (Å²) in [6.07, 6.45) is 13.7. The molecule has 2 aliphatic heterocycles. The Morgan fingerprint density at radius 2 is 1.89 bits per heavy atom. The predicted molar refractivity (Wildman–Crippen MR) is 112 cm³/mol. The Morgan fingerprint density at radius 3 is 2.71 bits per heavy atom. The summed E-state index contributed by atoms with van der Waals surface area (Å²) in [6.45, 7) is 2.97. The van der Waals surface area contributed by atoms with Crippen molar-refractivity contribution in [1.82, 2.24) is 14.5 Å². The molecule has 1 aliphatic carbocycles. The summed E-state index contributed by atoms with van der Waals surface area (Å²) in [5.74, 6) is 0. The molecule has 0 radical (unpaired) electrons. The number of hydrogen-bond acceptors (Lipinski definition) is 3. The average molecular weight is 380 g/mol. The van der Waals surface area contributed by atoms with Gasteiger partial charge in [-0.05, 0) is 56.2 Å². The number of likely N-dealkylation sites (tertiary alicyclic amines) is 1. The van der Waals surface area contributed by atoms with Gasteiger partial charge in [-0.25, -0.2) is 4.79 Å². The number of fused-ring (bicyclic) bond motifs is 1. The number of aromatic amines is 1. The first-order chi connectivity index (χ1) is 13.8. The maximum Gasteiger partial charge on any atom is 0.326 e. The minimum Gasteiger partial charge on any atom is -0.373 e. The Bertz CT molecular complexity index is 946. The van der Waals surface area contributed by atoms with E-state index >= 15 is 0 Å². The third-order valence-corrected chi connectivity index (χ3v) is 6.66. The molecule has 148 valence electrons. The van der Waals surface area contributed by atoms with Crippen LogP contribution in [-0.2, 0) is 4.74 Å². The molecule has 5 heteroatoms. The number of para-hydroxylation sites is 2. The van der Waals surface area contributed by atoms with Gasteiger partial charge in [0.2, 0.25) is 0 Å². The molecule has 0 saturated carbocycles. The smallest absolute Gasteiger partial charge is 0.326 e. The van der Waals surface area contributed by atoms with Crippen LogP contribution in [0.2, 0.25) is 0 Å². The molecule has 0 amide bonds. The topological polar surface area (TPSA) is 50.3 Å². The lowest BCUT2D eigenvalue weighted by atomic mass is 9.91. The molecule has 2 unspecified atom stereocenters. The van der Waals surface area contributed by atoms with Crippen LogP contribution in [0.1, 0.15) is 44.6 Å². The minimum atomic E-state index is 0.0294. The lowest BCUT2D eigenvalue weighted by Gasteiger charge is -2.41. The van der Waals surface area contributed by atoms with Crippen molar-refractivity contribution < 1.29 is 4.74 Å². The van der Waals surface area contributed by atoms with Gasteiger partial charge in [0.05, 0.1) is 17.1 Å². The van der Waals surface area contributed by atoms with Crippen molar-refractivity contribution in [2.75, 3.05) is 19.7 Å². The second-order valence-corrected chi connectivity index (χ2v) is 8.31. The highest BCUT2D eigenvalue weighted by molar-refractivity contribution is 5.75. The molecule has 3 heterocycles. The van der Waals surface area contributed by atoms with Gasteiger partial charge in [-0.3, -0.25) is 4.57 Å². The minimum absolute atomic E-state index is 0.0294. The first kappa shape index (κ1) is 18.0. The number of H-pyrrole nitrogens is 1. The van der Waals surface area contributed by atoms with Crippen molar-refractivity contribution in [3.05, 3.63) is 58.6 Å². The van der Waals surface area contributed by atoms with Gasteiger partial charge in [0, 0.05) is 31.8 Å². The van der Waals surface area contributed by atoms with Crippen LogP contribution >= 0.6 is 0 Å². The molecule has 28 heavy (non-hydrogen) atoms. The van der Waals surface area contributed by atoms with E-state index in [1.165, 1.54) is 5.57 Å². The van der Waals surface area contributed by atoms with Gasteiger partial charge in [0.1, 0.15) is 0 Å². The molecule has 1 N–H and O–H groups in total. The second-order valence-electron chi connectivity index (χ2n) is 8.31. The molecule has 1 aromatic carbocycles. The first-order valence-electron chi connectivity index (χ1n) is 10.7. The molecule has 2 atom stereocenters. The maximum atomic E-state index is 12.5. The van der Waals surface area contributed by atoms with E-state index < -0.39 is 0 Å². The van der Waals surface area contributed by atoms with Crippen LogP contribution in [0.5, 0.6) is 0 Å². The number of rotatable bonds is 3. The van der Waals surface area contributed by atoms with Crippen LogP contribution < -0.4 is 5.69 Å². The highest BCUT2D eigenvalue weighted by atomic mass is 16.5. The van der Waals surface area contributed by atoms with Crippen molar-refractivity contribution in [3.8, 4) is 0 Å². The number of imidazole rings is 1. The number of hydrogen-bond donors (Lipinski definition) is 1. The van der Waals surface area contributed by atoms with Gasteiger partial charge in [-0.1, -0.05) is 30.4 Å². The number of allylic oxidation sites excluding steroid dienone is 2. The summed E-state index contributed by atoms with van der Waals surface area (Å²) in [5, 5.41) is 0. The van der Waals surface area contributed by atoms with Gasteiger partial charge >= 0.3 is 5.69 Å². The summed E-state index contributed by atoms with van der Waals surface area (Å²) < 4.78 is 8.07. The van der Waals surface area contributed by atoms with E-state index in [0.29, 0.717) is 12.1 Å². The van der Waals surface area contributed by atoms with Crippen LogP contribution in [0.4, 0.5) is 0 Å². The first-order valence-corrected chi connectivity index (χ1v) is 10.7. The molecule has 5 nitrogen and oxygen atoms in total. The van der Waals surface area contributed by atoms with Crippen molar-refractivity contribution in [3.63, 3.8) is 0 Å². The van der Waals surface area contributed by atoms with Crippen molar-refractivity contribution in [2.24, 2.45) is 0 Å². The zero-order valence-electron chi connectivity index (χ0n) is 16.3. The Hall–Kier alpha value is -2.11. The number of piperidine rings is 1. The van der Waals surface area contributed by atoms with E-state index in [4.69, 9.17) is 4.74 Å². The summed E-state index contributed by atoms with van der Waals surface area (Å²) in [5.41, 5.74) is 3.38. The van der Waals surface area contributed by atoms with E-state index in [1.807, 2.05) is 28.8 Å². The van der Waals surface area contributed by atoms with Crippen molar-refractivity contribution >= 4 is 11.0 Å². The third kappa shape index (κ3) is 3.38. The summed E-state index contributed by atoms with van der Waals surface area (Å²) in [6, 6.07) is 8.91. The zero-order chi connectivity index (χ0) is 18.9. The quantitative estimate of drug-likeness (QED) is 0.883. The van der Waals surface area contributed by atoms with Crippen molar-refractivity contribution in [2.45, 2.75) is 56.7 Å². The summed E-state index contributed by atoms with van der Waals surface area (Å²) in [7, 11) is 0. The molecule has 2 aromatic rings. The zero-order valence-corrected chi connectivity index (χ0v) is 16.3. The number of ether oxygens (including phenoxy) is 1.